The second-order valence-corrected chi connectivity index (χ2v) is 4.24. The van der Waals surface area contributed by atoms with Gasteiger partial charge in [-0.15, -0.1) is 0 Å². The number of aryl methyl sites for hydroxylation is 1. The van der Waals surface area contributed by atoms with Crippen molar-refractivity contribution < 1.29 is 9.53 Å². The fraction of sp³-hybridized carbons (Fsp3) is 0.308. The van der Waals surface area contributed by atoms with Crippen LogP contribution in [0.25, 0.3) is 0 Å². The summed E-state index contributed by atoms with van der Waals surface area (Å²) in [6.45, 7) is 2.65. The third kappa shape index (κ3) is 3.47. The third-order valence-electron chi connectivity index (χ3n) is 2.56. The second kappa shape index (κ2) is 6.05. The number of nitrogens with one attached hydrogen (secondary N) is 1. The smallest absolute Gasteiger partial charge is 0.251 e. The molecule has 7 nitrogen and oxygen atoms in total. The number of nitrogens with zero attached hydrogens (tertiary/aromatic N) is 3. The molecule has 7 heteroatoms. The van der Waals surface area contributed by atoms with Crippen LogP contribution in [0.4, 0.5) is 5.69 Å². The highest BCUT2D eigenvalue weighted by Gasteiger charge is 2.09. The molecular weight excluding hydrogens is 258 g/mol. The molecule has 0 bridgehead atoms. The minimum atomic E-state index is -0.245. The number of anilines is 1. The summed E-state index contributed by atoms with van der Waals surface area (Å²) in [4.78, 5) is 16.1. The van der Waals surface area contributed by atoms with Gasteiger partial charge >= 0.3 is 0 Å². The number of carbonyl (C=O) groups is 1. The highest BCUT2D eigenvalue weighted by molar-refractivity contribution is 5.95. The van der Waals surface area contributed by atoms with Crippen molar-refractivity contribution in [1.82, 2.24) is 20.1 Å². The molecule has 0 spiro atoms. The van der Waals surface area contributed by atoms with Crippen LogP contribution in [-0.4, -0.2) is 27.3 Å². The Balaban J connectivity index is 2.04. The number of ether oxygens (including phenoxy) is 1. The molecule has 0 fully saturated rings. The monoisotopic (exact) mass is 275 g/mol. The molecular formula is C13H17N5O2. The molecule has 3 N–H and O–H groups in total. The van der Waals surface area contributed by atoms with Crippen molar-refractivity contribution in [3.63, 3.8) is 0 Å². The van der Waals surface area contributed by atoms with Gasteiger partial charge in [0, 0.05) is 24.4 Å². The second-order valence-electron chi connectivity index (χ2n) is 4.24. The van der Waals surface area contributed by atoms with E-state index in [-0.39, 0.29) is 12.5 Å². The Morgan fingerprint density at radius 2 is 2.25 bits per heavy atom. The summed E-state index contributed by atoms with van der Waals surface area (Å²) in [5.41, 5.74) is 6.68. The van der Waals surface area contributed by atoms with Gasteiger partial charge < -0.3 is 15.8 Å². The quantitative estimate of drug-likeness (QED) is 0.784. The van der Waals surface area contributed by atoms with E-state index < -0.39 is 0 Å². The first-order chi connectivity index (χ1) is 9.58. The van der Waals surface area contributed by atoms with Crippen LogP contribution in [0, 0.1) is 0 Å². The molecule has 0 unspecified atom stereocenters. The number of amides is 1. The van der Waals surface area contributed by atoms with Crippen LogP contribution in [0.1, 0.15) is 23.1 Å². The predicted octanol–water partition coefficient (Wildman–Crippen LogP) is 0.726. The summed E-state index contributed by atoms with van der Waals surface area (Å²) in [6.07, 6.45) is 1.58. The maximum atomic E-state index is 12.0. The standard InChI is InChI=1S/C13H17N5O2/c1-3-20-11-5-9(4-10(14)6-11)13(19)15-7-12-16-8-18(2)17-12/h4-6,8H,3,7,14H2,1-2H3,(H,15,19). The van der Waals surface area contributed by atoms with Crippen molar-refractivity contribution in [2.45, 2.75) is 13.5 Å². The first kappa shape index (κ1) is 13.9. The number of carbonyl (C=O) groups excluding carboxylic acids is 1. The Morgan fingerprint density at radius 3 is 2.90 bits per heavy atom. The van der Waals surface area contributed by atoms with Gasteiger partial charge in [0.25, 0.3) is 5.91 Å². The number of rotatable bonds is 5. The van der Waals surface area contributed by atoms with Crippen LogP contribution in [-0.2, 0) is 13.6 Å². The third-order valence-corrected chi connectivity index (χ3v) is 2.56. The molecule has 0 aliphatic carbocycles. The summed E-state index contributed by atoms with van der Waals surface area (Å²) in [6, 6.07) is 4.94. The van der Waals surface area contributed by atoms with Gasteiger partial charge in [0.2, 0.25) is 0 Å². The van der Waals surface area contributed by atoms with Crippen molar-refractivity contribution in [2.75, 3.05) is 12.3 Å². The minimum Gasteiger partial charge on any atom is -0.494 e. The van der Waals surface area contributed by atoms with Gasteiger partial charge in [0.1, 0.15) is 12.1 Å². The van der Waals surface area contributed by atoms with Crippen molar-refractivity contribution in [3.8, 4) is 5.75 Å². The molecule has 0 radical (unpaired) electrons. The Morgan fingerprint density at radius 1 is 1.45 bits per heavy atom. The van der Waals surface area contributed by atoms with Crippen LogP contribution >= 0.6 is 0 Å². The van der Waals surface area contributed by atoms with Crippen molar-refractivity contribution in [2.24, 2.45) is 7.05 Å². The molecule has 0 aliphatic rings. The first-order valence-corrected chi connectivity index (χ1v) is 6.24. The number of benzene rings is 1. The first-order valence-electron chi connectivity index (χ1n) is 6.24. The number of hydrogen-bond donors (Lipinski definition) is 2. The minimum absolute atomic E-state index is 0.245. The van der Waals surface area contributed by atoms with Gasteiger partial charge in [-0.3, -0.25) is 9.48 Å². The Hall–Kier alpha value is -2.57. The molecule has 0 saturated carbocycles. The molecule has 0 aliphatic heterocycles. The van der Waals surface area contributed by atoms with Crippen LogP contribution < -0.4 is 15.8 Å². The molecule has 2 aromatic rings. The van der Waals surface area contributed by atoms with E-state index in [1.54, 1.807) is 36.3 Å². The van der Waals surface area contributed by atoms with E-state index in [4.69, 9.17) is 10.5 Å². The average Bonchev–Trinajstić information content (AvgIpc) is 2.81. The Kier molecular flexibility index (Phi) is 4.19. The van der Waals surface area contributed by atoms with Gasteiger partial charge in [0.05, 0.1) is 13.2 Å². The molecule has 20 heavy (non-hydrogen) atoms. The van der Waals surface area contributed by atoms with Gasteiger partial charge in [-0.2, -0.15) is 5.10 Å². The van der Waals surface area contributed by atoms with E-state index in [1.807, 2.05) is 6.92 Å². The molecule has 1 aromatic heterocycles. The van der Waals surface area contributed by atoms with Crippen molar-refractivity contribution >= 4 is 11.6 Å². The topological polar surface area (TPSA) is 95.1 Å². The molecule has 0 saturated heterocycles. The number of hydrogen-bond acceptors (Lipinski definition) is 5. The molecule has 1 amide bonds. The lowest BCUT2D eigenvalue weighted by Gasteiger charge is -2.08. The lowest BCUT2D eigenvalue weighted by atomic mass is 10.1. The van der Waals surface area contributed by atoms with E-state index in [1.165, 1.54) is 0 Å². The Labute approximate surface area is 116 Å². The largest absolute Gasteiger partial charge is 0.494 e. The molecule has 1 heterocycles. The zero-order valence-electron chi connectivity index (χ0n) is 11.5. The van der Waals surface area contributed by atoms with Crippen molar-refractivity contribution in [1.29, 1.82) is 0 Å². The highest BCUT2D eigenvalue weighted by atomic mass is 16.5. The zero-order valence-corrected chi connectivity index (χ0v) is 11.5. The molecule has 2 rings (SSSR count). The maximum Gasteiger partial charge on any atom is 0.251 e. The average molecular weight is 275 g/mol. The van der Waals surface area contributed by atoms with Gasteiger partial charge in [-0.1, -0.05) is 0 Å². The van der Waals surface area contributed by atoms with Crippen LogP contribution in [0.15, 0.2) is 24.5 Å². The summed E-state index contributed by atoms with van der Waals surface area (Å²) in [5.74, 6) is 0.883. The molecule has 106 valence electrons. The lowest BCUT2D eigenvalue weighted by Crippen LogP contribution is -2.23. The summed E-state index contributed by atoms with van der Waals surface area (Å²) < 4.78 is 6.93. The van der Waals surface area contributed by atoms with E-state index >= 15 is 0 Å². The molecule has 0 atom stereocenters. The SMILES string of the molecule is CCOc1cc(N)cc(C(=O)NCc2ncn(C)n2)c1. The van der Waals surface area contributed by atoms with E-state index in [0.29, 0.717) is 29.4 Å². The van der Waals surface area contributed by atoms with Crippen molar-refractivity contribution in [3.05, 3.63) is 35.9 Å². The highest BCUT2D eigenvalue weighted by Crippen LogP contribution is 2.18. The zero-order chi connectivity index (χ0) is 14.5. The van der Waals surface area contributed by atoms with E-state index in [9.17, 15) is 4.79 Å². The van der Waals surface area contributed by atoms with E-state index in [2.05, 4.69) is 15.4 Å². The predicted molar refractivity (Wildman–Crippen MR) is 74.2 cm³/mol. The number of aromatic nitrogens is 3. The van der Waals surface area contributed by atoms with Gasteiger partial charge in [-0.05, 0) is 19.1 Å². The molecule has 1 aromatic carbocycles. The number of nitrogen functional groups attached to an aromatic ring is 1. The van der Waals surface area contributed by atoms with E-state index in [0.717, 1.165) is 0 Å². The van der Waals surface area contributed by atoms with Gasteiger partial charge in [-0.25, -0.2) is 4.98 Å². The Bertz CT molecular complexity index is 609. The summed E-state index contributed by atoms with van der Waals surface area (Å²) in [7, 11) is 1.77. The fourth-order valence-electron chi connectivity index (χ4n) is 1.73. The fourth-order valence-corrected chi connectivity index (χ4v) is 1.73. The normalized spacial score (nSPS) is 10.3. The summed E-state index contributed by atoms with van der Waals surface area (Å²) in [5, 5.41) is 6.82. The number of nitrogens with two attached hydrogens (primary N) is 1. The van der Waals surface area contributed by atoms with Crippen LogP contribution in [0.3, 0.4) is 0 Å². The van der Waals surface area contributed by atoms with Crippen LogP contribution in [0.5, 0.6) is 5.75 Å². The summed E-state index contributed by atoms with van der Waals surface area (Å²) >= 11 is 0. The van der Waals surface area contributed by atoms with Crippen LogP contribution in [0.2, 0.25) is 0 Å². The van der Waals surface area contributed by atoms with Gasteiger partial charge in [0.15, 0.2) is 5.82 Å². The lowest BCUT2D eigenvalue weighted by molar-refractivity contribution is 0.0949. The maximum absolute atomic E-state index is 12.0.